The smallest absolute Gasteiger partial charge is 0.254 e. The van der Waals surface area contributed by atoms with E-state index in [4.69, 9.17) is 22.4 Å². The van der Waals surface area contributed by atoms with Gasteiger partial charge in [-0.3, -0.25) is 9.48 Å². The Morgan fingerprint density at radius 2 is 2.00 bits per heavy atom. The molecule has 3 atom stereocenters. The van der Waals surface area contributed by atoms with Crippen molar-refractivity contribution in [2.75, 3.05) is 12.4 Å². The molecule has 162 valence electrons. The van der Waals surface area contributed by atoms with E-state index in [1.165, 1.54) is 0 Å². The van der Waals surface area contributed by atoms with Gasteiger partial charge in [0, 0.05) is 47.7 Å². The lowest BCUT2D eigenvalue weighted by atomic mass is 9.81. The first-order valence-electron chi connectivity index (χ1n) is 10.3. The minimum Gasteiger partial charge on any atom is -0.365 e. The van der Waals surface area contributed by atoms with Crippen molar-refractivity contribution < 1.29 is 4.79 Å². The molecule has 1 aliphatic carbocycles. The third-order valence-corrected chi connectivity index (χ3v) is 5.54. The Hall–Kier alpha value is -2.38. The Kier molecular flexibility index (Phi) is 6.83. The van der Waals surface area contributed by atoms with E-state index in [0.29, 0.717) is 22.4 Å². The van der Waals surface area contributed by atoms with Crippen molar-refractivity contribution in [3.8, 4) is 0 Å². The van der Waals surface area contributed by atoms with Crippen molar-refractivity contribution in [2.45, 2.75) is 57.7 Å². The topological polar surface area (TPSA) is 97.3 Å². The van der Waals surface area contributed by atoms with Gasteiger partial charge >= 0.3 is 0 Å². The predicted octanol–water partition coefficient (Wildman–Crippen LogP) is 4.18. The number of hydrogen-bond acceptors (Lipinski definition) is 5. The van der Waals surface area contributed by atoms with Gasteiger partial charge in [-0.15, -0.1) is 0 Å². The maximum absolute atomic E-state index is 12.0. The second-order valence-electron chi connectivity index (χ2n) is 8.91. The molecule has 4 N–H and O–H groups in total. The molecule has 0 bridgehead atoms. The van der Waals surface area contributed by atoms with Crippen molar-refractivity contribution in [3.63, 3.8) is 0 Å². The zero-order chi connectivity index (χ0) is 21.9. The fourth-order valence-corrected chi connectivity index (χ4v) is 4.24. The van der Waals surface area contributed by atoms with E-state index < -0.39 is 5.91 Å². The molecule has 0 saturated heterocycles. The summed E-state index contributed by atoms with van der Waals surface area (Å²) in [5.74, 6) is 0.154. The molecule has 0 aliphatic heterocycles. The second kappa shape index (κ2) is 9.18. The molecule has 0 spiro atoms. The van der Waals surface area contributed by atoms with Gasteiger partial charge < -0.3 is 21.4 Å². The van der Waals surface area contributed by atoms with Gasteiger partial charge in [-0.25, -0.2) is 0 Å². The summed E-state index contributed by atoms with van der Waals surface area (Å²) >= 11 is 5.96. The minimum atomic E-state index is -0.512. The van der Waals surface area contributed by atoms with Crippen LogP contribution >= 0.6 is 11.6 Å². The highest BCUT2D eigenvalue weighted by Gasteiger charge is 2.33. The maximum atomic E-state index is 12.0. The summed E-state index contributed by atoms with van der Waals surface area (Å²) in [6, 6.07) is 7.77. The molecule has 8 heteroatoms. The number of carbonyl (C=O) groups is 1. The highest BCUT2D eigenvalue weighted by atomic mass is 35.5. The molecule has 3 unspecified atom stereocenters. The molecule has 1 aliphatic rings. The van der Waals surface area contributed by atoms with Gasteiger partial charge in [0.05, 0.1) is 6.04 Å². The van der Waals surface area contributed by atoms with Crippen LogP contribution in [0, 0.1) is 5.92 Å². The Balaban J connectivity index is 1.85. The number of nitrogens with zero attached hydrogens (tertiary/aromatic N) is 3. The van der Waals surface area contributed by atoms with Crippen LogP contribution in [-0.4, -0.2) is 40.5 Å². The molecule has 1 fully saturated rings. The fraction of sp³-hybridized carbons (Fsp3) is 0.500. The molecule has 0 radical (unpaired) electrons. The number of rotatable bonds is 6. The monoisotopic (exact) mass is 430 g/mol. The Morgan fingerprint density at radius 1 is 1.30 bits per heavy atom. The van der Waals surface area contributed by atoms with Crippen molar-refractivity contribution in [2.24, 2.45) is 16.6 Å². The Morgan fingerprint density at radius 3 is 2.60 bits per heavy atom. The molecule has 1 saturated carbocycles. The maximum Gasteiger partial charge on any atom is 0.254 e. The van der Waals surface area contributed by atoms with Crippen LogP contribution in [0.5, 0.6) is 0 Å². The van der Waals surface area contributed by atoms with Gasteiger partial charge in [0.25, 0.3) is 5.91 Å². The third kappa shape index (κ3) is 5.61. The van der Waals surface area contributed by atoms with E-state index in [0.717, 1.165) is 24.9 Å². The number of aliphatic imine (C=N–C) groups is 1. The highest BCUT2D eigenvalue weighted by molar-refractivity contribution is 6.30. The molecule has 1 heterocycles. The number of nitrogens with two attached hydrogens (primary N) is 1. The standard InChI is InChI=1S/C22H31ClN6O/c1-22(2,3)27-17-9-10-19(14(11-17)12-25-4)29-13-18(20(24)30)21(28-29)26-16-7-5-15(23)6-8-16/h5-8,12-14,17,19,27H,9-11H2,1-4H3,(H2,24,30)(H,26,28). The molecule has 3 rings (SSSR count). The lowest BCUT2D eigenvalue weighted by molar-refractivity contribution is 0.100. The average Bonchev–Trinajstić information content (AvgIpc) is 3.07. The normalized spacial score (nSPS) is 22.4. The number of carbonyl (C=O) groups excluding carboxylic acids is 1. The van der Waals surface area contributed by atoms with Crippen LogP contribution in [-0.2, 0) is 0 Å². The number of amides is 1. The SMILES string of the molecule is CN=CC1CC(NC(C)(C)C)CCC1n1cc(C(N)=O)c(Nc2ccc(Cl)cc2)n1. The number of halogens is 1. The molecule has 1 amide bonds. The van der Waals surface area contributed by atoms with Crippen molar-refractivity contribution in [3.05, 3.63) is 41.0 Å². The van der Waals surface area contributed by atoms with Crippen molar-refractivity contribution >= 4 is 35.2 Å². The number of benzene rings is 1. The van der Waals surface area contributed by atoms with Crippen molar-refractivity contribution in [1.29, 1.82) is 0 Å². The lowest BCUT2D eigenvalue weighted by Crippen LogP contribution is -2.47. The fourth-order valence-electron chi connectivity index (χ4n) is 4.12. The first-order valence-corrected chi connectivity index (χ1v) is 10.7. The molecule has 7 nitrogen and oxygen atoms in total. The summed E-state index contributed by atoms with van der Waals surface area (Å²) < 4.78 is 1.87. The largest absolute Gasteiger partial charge is 0.365 e. The van der Waals surface area contributed by atoms with E-state index in [2.05, 4.69) is 36.4 Å². The van der Waals surface area contributed by atoms with Gasteiger partial charge in [-0.05, 0) is 64.3 Å². The van der Waals surface area contributed by atoms with Crippen molar-refractivity contribution in [1.82, 2.24) is 15.1 Å². The highest BCUT2D eigenvalue weighted by Crippen LogP contribution is 2.35. The van der Waals surface area contributed by atoms with E-state index in [-0.39, 0.29) is 17.5 Å². The first-order chi connectivity index (χ1) is 14.2. The zero-order valence-corrected chi connectivity index (χ0v) is 18.8. The van der Waals surface area contributed by atoms with Crippen LogP contribution < -0.4 is 16.4 Å². The second-order valence-corrected chi connectivity index (χ2v) is 9.35. The summed E-state index contributed by atoms with van der Waals surface area (Å²) in [7, 11) is 1.79. The molecular weight excluding hydrogens is 400 g/mol. The third-order valence-electron chi connectivity index (χ3n) is 5.28. The van der Waals surface area contributed by atoms with Crippen LogP contribution in [0.3, 0.4) is 0 Å². The van der Waals surface area contributed by atoms with E-state index in [9.17, 15) is 4.79 Å². The number of nitrogens with one attached hydrogen (secondary N) is 2. The molecule has 30 heavy (non-hydrogen) atoms. The van der Waals surface area contributed by atoms with Gasteiger partial charge in [0.2, 0.25) is 0 Å². The molecule has 2 aromatic rings. The number of anilines is 2. The van der Waals surface area contributed by atoms with E-state index in [1.807, 2.05) is 23.0 Å². The van der Waals surface area contributed by atoms with E-state index in [1.54, 1.807) is 25.4 Å². The van der Waals surface area contributed by atoms with Gasteiger partial charge in [0.1, 0.15) is 5.56 Å². The van der Waals surface area contributed by atoms with E-state index >= 15 is 0 Å². The summed E-state index contributed by atoms with van der Waals surface area (Å²) in [5.41, 5.74) is 6.85. The average molecular weight is 431 g/mol. The van der Waals surface area contributed by atoms with Crippen LogP contribution in [0.2, 0.25) is 5.02 Å². The van der Waals surface area contributed by atoms with Crippen LogP contribution in [0.15, 0.2) is 35.5 Å². The van der Waals surface area contributed by atoms with Gasteiger partial charge in [-0.1, -0.05) is 11.6 Å². The zero-order valence-electron chi connectivity index (χ0n) is 18.0. The van der Waals surface area contributed by atoms with Crippen LogP contribution in [0.25, 0.3) is 0 Å². The number of aromatic nitrogens is 2. The van der Waals surface area contributed by atoms with Crippen LogP contribution in [0.1, 0.15) is 56.4 Å². The quantitative estimate of drug-likeness (QED) is 0.599. The molecular formula is C22H31ClN6O. The van der Waals surface area contributed by atoms with Gasteiger partial charge in [0.15, 0.2) is 5.82 Å². The van der Waals surface area contributed by atoms with Gasteiger partial charge in [-0.2, -0.15) is 5.10 Å². The first kappa shape index (κ1) is 22.3. The molecule has 1 aromatic carbocycles. The Labute approximate surface area is 183 Å². The lowest BCUT2D eigenvalue weighted by Gasteiger charge is -2.38. The summed E-state index contributed by atoms with van der Waals surface area (Å²) in [4.78, 5) is 16.3. The summed E-state index contributed by atoms with van der Waals surface area (Å²) in [6.45, 7) is 6.55. The molecule has 1 aromatic heterocycles. The minimum absolute atomic E-state index is 0.0614. The summed E-state index contributed by atoms with van der Waals surface area (Å²) in [5, 5.41) is 12.2. The predicted molar refractivity (Wildman–Crippen MR) is 123 cm³/mol. The number of primary amides is 1. The summed E-state index contributed by atoms with van der Waals surface area (Å²) in [6.07, 6.45) is 6.68. The Bertz CT molecular complexity index is 899. The number of hydrogen-bond donors (Lipinski definition) is 3. The van der Waals surface area contributed by atoms with Crippen LogP contribution in [0.4, 0.5) is 11.5 Å².